The Morgan fingerprint density at radius 1 is 1.03 bits per heavy atom. The van der Waals surface area contributed by atoms with Crippen molar-refractivity contribution in [1.29, 1.82) is 0 Å². The molecule has 2 aromatic carbocycles. The molecule has 4 aromatic rings. The number of nitrogens with one attached hydrogen (secondary N) is 1. The van der Waals surface area contributed by atoms with Crippen LogP contribution < -0.4 is 5.32 Å². The van der Waals surface area contributed by atoms with Crippen molar-refractivity contribution in [2.75, 3.05) is 5.32 Å². The van der Waals surface area contributed by atoms with E-state index in [0.29, 0.717) is 11.3 Å². The zero-order chi connectivity index (χ0) is 20.5. The Bertz CT molecular complexity index is 1200. The van der Waals surface area contributed by atoms with Gasteiger partial charge in [-0.15, -0.1) is 10.2 Å². The molecule has 29 heavy (non-hydrogen) atoms. The van der Waals surface area contributed by atoms with Gasteiger partial charge in [0.05, 0.1) is 17.0 Å². The molecule has 0 bridgehead atoms. The van der Waals surface area contributed by atoms with Crippen molar-refractivity contribution < 1.29 is 4.79 Å². The molecule has 0 spiro atoms. The van der Waals surface area contributed by atoms with Crippen LogP contribution in [0.25, 0.3) is 16.8 Å². The lowest BCUT2D eigenvalue weighted by Crippen LogP contribution is -2.18. The van der Waals surface area contributed by atoms with Crippen LogP contribution in [0.4, 0.5) is 5.69 Å². The Morgan fingerprint density at radius 3 is 2.38 bits per heavy atom. The Hall–Kier alpha value is -3.06. The Balaban J connectivity index is 1.70. The Kier molecular flexibility index (Phi) is 5.15. The Morgan fingerprint density at radius 2 is 1.72 bits per heavy atom. The molecule has 6 nitrogen and oxygen atoms in total. The first-order chi connectivity index (χ1) is 14.0. The van der Waals surface area contributed by atoms with Gasteiger partial charge in [0.15, 0.2) is 11.3 Å². The van der Waals surface area contributed by atoms with Crippen LogP contribution in [0.15, 0.2) is 53.0 Å². The second kappa shape index (κ2) is 7.75. The average molecular weight is 450 g/mol. The second-order valence-corrected chi connectivity index (χ2v) is 7.76. The van der Waals surface area contributed by atoms with E-state index in [4.69, 9.17) is 0 Å². The summed E-state index contributed by atoms with van der Waals surface area (Å²) in [7, 11) is 0. The van der Waals surface area contributed by atoms with Crippen LogP contribution in [-0.4, -0.2) is 25.7 Å². The third-order valence-electron chi connectivity index (χ3n) is 4.91. The molecule has 7 heteroatoms. The molecule has 0 saturated heterocycles. The number of hydrogen-bond donors (Lipinski definition) is 1. The smallest absolute Gasteiger partial charge is 0.278 e. The summed E-state index contributed by atoms with van der Waals surface area (Å²) in [6.45, 7) is 5.85. The largest absolute Gasteiger partial charge is 0.321 e. The van der Waals surface area contributed by atoms with Gasteiger partial charge in [-0.1, -0.05) is 47.1 Å². The number of halogens is 1. The van der Waals surface area contributed by atoms with Crippen LogP contribution in [-0.2, 0) is 6.42 Å². The highest BCUT2D eigenvalue weighted by molar-refractivity contribution is 9.10. The van der Waals surface area contributed by atoms with Gasteiger partial charge >= 0.3 is 0 Å². The van der Waals surface area contributed by atoms with Crippen LogP contribution >= 0.6 is 15.9 Å². The molecule has 0 radical (unpaired) electrons. The molecule has 0 aliphatic heterocycles. The van der Waals surface area contributed by atoms with E-state index in [1.165, 1.54) is 5.56 Å². The normalized spacial score (nSPS) is 11.0. The standard InChI is InChI=1S/C22H20BrN5O/c1-4-15-5-11-18(12-6-15)24-22(29)20-14(3)28-21(26-25-20)19(13(2)27-28)16-7-9-17(23)10-8-16/h5-12H,4H2,1-3H3,(H,24,29). The summed E-state index contributed by atoms with van der Waals surface area (Å²) in [5.41, 5.74) is 6.21. The van der Waals surface area contributed by atoms with Crippen LogP contribution in [0.2, 0.25) is 0 Å². The quantitative estimate of drug-likeness (QED) is 0.476. The lowest BCUT2D eigenvalue weighted by Gasteiger charge is -2.08. The molecule has 1 amide bonds. The van der Waals surface area contributed by atoms with Gasteiger partial charge in [-0.3, -0.25) is 4.79 Å². The first-order valence-corrected chi connectivity index (χ1v) is 10.2. The summed E-state index contributed by atoms with van der Waals surface area (Å²) in [5, 5.41) is 16.0. The zero-order valence-electron chi connectivity index (χ0n) is 16.4. The molecule has 0 aliphatic rings. The van der Waals surface area contributed by atoms with Gasteiger partial charge in [0.25, 0.3) is 5.91 Å². The van der Waals surface area contributed by atoms with Crippen molar-refractivity contribution in [3.8, 4) is 11.1 Å². The number of hydrogen-bond acceptors (Lipinski definition) is 4. The third kappa shape index (κ3) is 3.65. The number of aromatic nitrogens is 4. The van der Waals surface area contributed by atoms with Crippen LogP contribution in [0, 0.1) is 13.8 Å². The minimum absolute atomic E-state index is 0.252. The van der Waals surface area contributed by atoms with E-state index in [1.807, 2.05) is 62.4 Å². The number of rotatable bonds is 4. The molecule has 0 fully saturated rings. The first kappa shape index (κ1) is 19.3. The van der Waals surface area contributed by atoms with Crippen molar-refractivity contribution in [3.63, 3.8) is 0 Å². The van der Waals surface area contributed by atoms with Crippen molar-refractivity contribution in [2.24, 2.45) is 0 Å². The van der Waals surface area contributed by atoms with E-state index in [-0.39, 0.29) is 11.6 Å². The fraction of sp³-hybridized carbons (Fsp3) is 0.182. The molecule has 146 valence electrons. The summed E-state index contributed by atoms with van der Waals surface area (Å²) in [5.74, 6) is -0.306. The minimum atomic E-state index is -0.306. The van der Waals surface area contributed by atoms with E-state index >= 15 is 0 Å². The number of anilines is 1. The summed E-state index contributed by atoms with van der Waals surface area (Å²) >= 11 is 3.46. The molecule has 0 saturated carbocycles. The molecule has 1 N–H and O–H groups in total. The summed E-state index contributed by atoms with van der Waals surface area (Å²) in [6.07, 6.45) is 0.953. The van der Waals surface area contributed by atoms with Gasteiger partial charge < -0.3 is 5.32 Å². The van der Waals surface area contributed by atoms with Crippen molar-refractivity contribution in [2.45, 2.75) is 27.2 Å². The highest BCUT2D eigenvalue weighted by Crippen LogP contribution is 2.29. The molecule has 0 aliphatic carbocycles. The van der Waals surface area contributed by atoms with Gasteiger partial charge in [0.2, 0.25) is 0 Å². The topological polar surface area (TPSA) is 72.2 Å². The molecule has 2 aromatic heterocycles. The number of amides is 1. The molecule has 0 atom stereocenters. The van der Waals surface area contributed by atoms with Gasteiger partial charge in [-0.05, 0) is 55.7 Å². The molecular weight excluding hydrogens is 430 g/mol. The summed E-state index contributed by atoms with van der Waals surface area (Å²) in [4.78, 5) is 12.8. The van der Waals surface area contributed by atoms with E-state index in [2.05, 4.69) is 43.5 Å². The van der Waals surface area contributed by atoms with Crippen molar-refractivity contribution in [1.82, 2.24) is 19.8 Å². The first-order valence-electron chi connectivity index (χ1n) is 9.36. The second-order valence-electron chi connectivity index (χ2n) is 6.84. The molecule has 0 unspecified atom stereocenters. The van der Waals surface area contributed by atoms with E-state index < -0.39 is 0 Å². The lowest BCUT2D eigenvalue weighted by molar-refractivity contribution is 0.102. The third-order valence-corrected chi connectivity index (χ3v) is 5.44. The van der Waals surface area contributed by atoms with Crippen LogP contribution in [0.1, 0.15) is 34.4 Å². The maximum absolute atomic E-state index is 12.8. The van der Waals surface area contributed by atoms with E-state index in [1.54, 1.807) is 4.52 Å². The number of benzene rings is 2. The van der Waals surface area contributed by atoms with Crippen LogP contribution in [0.5, 0.6) is 0 Å². The minimum Gasteiger partial charge on any atom is -0.321 e. The maximum atomic E-state index is 12.8. The summed E-state index contributed by atoms with van der Waals surface area (Å²) < 4.78 is 2.69. The predicted octanol–water partition coefficient (Wildman–Crippen LogP) is 4.99. The van der Waals surface area contributed by atoms with Gasteiger partial charge in [0, 0.05) is 10.2 Å². The summed E-state index contributed by atoms with van der Waals surface area (Å²) in [6, 6.07) is 15.7. The SMILES string of the molecule is CCc1ccc(NC(=O)c2nnc3c(-c4ccc(Br)cc4)c(C)nn3c2C)cc1. The highest BCUT2D eigenvalue weighted by Gasteiger charge is 2.20. The highest BCUT2D eigenvalue weighted by atomic mass is 79.9. The average Bonchev–Trinajstić information content (AvgIpc) is 3.06. The number of carbonyl (C=O) groups is 1. The lowest BCUT2D eigenvalue weighted by atomic mass is 10.1. The Labute approximate surface area is 177 Å². The number of carbonyl (C=O) groups excluding carboxylic acids is 1. The van der Waals surface area contributed by atoms with E-state index in [0.717, 1.165) is 33.4 Å². The number of fused-ring (bicyclic) bond motifs is 1. The van der Waals surface area contributed by atoms with Crippen molar-refractivity contribution >= 4 is 33.2 Å². The fourth-order valence-corrected chi connectivity index (χ4v) is 3.55. The molecule has 4 rings (SSSR count). The maximum Gasteiger partial charge on any atom is 0.278 e. The van der Waals surface area contributed by atoms with Gasteiger partial charge in [-0.25, -0.2) is 4.52 Å². The number of nitrogens with zero attached hydrogens (tertiary/aromatic N) is 4. The monoisotopic (exact) mass is 449 g/mol. The number of aryl methyl sites for hydroxylation is 3. The van der Waals surface area contributed by atoms with Crippen LogP contribution in [0.3, 0.4) is 0 Å². The molecule has 2 heterocycles. The zero-order valence-corrected chi connectivity index (χ0v) is 18.0. The van der Waals surface area contributed by atoms with E-state index in [9.17, 15) is 4.79 Å². The fourth-order valence-electron chi connectivity index (χ4n) is 3.29. The molecular formula is C22H20BrN5O. The predicted molar refractivity (Wildman–Crippen MR) is 117 cm³/mol. The van der Waals surface area contributed by atoms with Crippen molar-refractivity contribution in [3.05, 3.63) is 75.6 Å². The van der Waals surface area contributed by atoms with Gasteiger partial charge in [-0.2, -0.15) is 5.10 Å². The van der Waals surface area contributed by atoms with Gasteiger partial charge in [0.1, 0.15) is 0 Å².